The van der Waals surface area contributed by atoms with Crippen LogP contribution in [-0.4, -0.2) is 24.4 Å². The number of hydrogen-bond donors (Lipinski definition) is 2. The summed E-state index contributed by atoms with van der Waals surface area (Å²) in [6.45, 7) is 5.79. The molecule has 4 nitrogen and oxygen atoms in total. The molecular formula is C30H44N2O2. The van der Waals surface area contributed by atoms with Crippen molar-refractivity contribution in [2.24, 2.45) is 57.7 Å². The maximum Gasteiger partial charge on any atom is 0.243 e. The van der Waals surface area contributed by atoms with Crippen LogP contribution in [0.2, 0.25) is 0 Å². The van der Waals surface area contributed by atoms with Gasteiger partial charge in [-0.2, -0.15) is 0 Å². The largest absolute Gasteiger partial charge is 0.355 e. The van der Waals surface area contributed by atoms with E-state index in [4.69, 9.17) is 0 Å². The first-order valence-electron chi connectivity index (χ1n) is 14.6. The van der Waals surface area contributed by atoms with Crippen LogP contribution in [0.1, 0.15) is 90.9 Å². The molecule has 2 N–H and O–H groups in total. The summed E-state index contributed by atoms with van der Waals surface area (Å²) in [6, 6.07) is 0.288. The van der Waals surface area contributed by atoms with E-state index in [0.717, 1.165) is 37.1 Å². The highest BCUT2D eigenvalue weighted by molar-refractivity contribution is 5.89. The topological polar surface area (TPSA) is 58.2 Å². The molecular weight excluding hydrogens is 420 g/mol. The van der Waals surface area contributed by atoms with Crippen LogP contribution >= 0.6 is 0 Å². The smallest absolute Gasteiger partial charge is 0.243 e. The average molecular weight is 465 g/mol. The molecule has 8 aliphatic rings. The van der Waals surface area contributed by atoms with Crippen molar-refractivity contribution in [1.82, 2.24) is 10.6 Å². The van der Waals surface area contributed by atoms with Crippen molar-refractivity contribution < 1.29 is 9.59 Å². The van der Waals surface area contributed by atoms with Crippen molar-refractivity contribution in [2.45, 2.75) is 96.9 Å². The van der Waals surface area contributed by atoms with Gasteiger partial charge in [0.25, 0.3) is 0 Å². The molecule has 7 atom stereocenters. The predicted octanol–water partition coefficient (Wildman–Crippen LogP) is 5.23. The van der Waals surface area contributed by atoms with Crippen molar-refractivity contribution in [3.63, 3.8) is 0 Å². The van der Waals surface area contributed by atoms with Gasteiger partial charge >= 0.3 is 0 Å². The van der Waals surface area contributed by atoms with E-state index in [-0.39, 0.29) is 28.7 Å². The molecule has 4 heteroatoms. The second-order valence-electron chi connectivity index (χ2n) is 14.5. The molecule has 2 amide bonds. The summed E-state index contributed by atoms with van der Waals surface area (Å²) in [5.74, 6) is 5.48. The van der Waals surface area contributed by atoms with Crippen LogP contribution in [-0.2, 0) is 9.59 Å². The van der Waals surface area contributed by atoms with Crippen molar-refractivity contribution >= 4 is 11.8 Å². The fourth-order valence-electron chi connectivity index (χ4n) is 11.7. The highest BCUT2D eigenvalue weighted by Gasteiger charge is 2.61. The number of amides is 2. The fourth-order valence-corrected chi connectivity index (χ4v) is 11.7. The monoisotopic (exact) mass is 464 g/mol. The first kappa shape index (κ1) is 21.9. The lowest BCUT2D eigenvalue weighted by molar-refractivity contribution is -0.135. The summed E-state index contributed by atoms with van der Waals surface area (Å²) >= 11 is 0. The Labute approximate surface area is 205 Å². The molecule has 0 aromatic rings. The van der Waals surface area contributed by atoms with Crippen molar-refractivity contribution in [3.8, 4) is 0 Å². The van der Waals surface area contributed by atoms with E-state index in [1.807, 2.05) is 0 Å². The zero-order chi connectivity index (χ0) is 23.3. The lowest BCUT2D eigenvalue weighted by Crippen LogP contribution is -2.59. The van der Waals surface area contributed by atoms with Gasteiger partial charge in [-0.3, -0.25) is 9.59 Å². The predicted molar refractivity (Wildman–Crippen MR) is 133 cm³/mol. The van der Waals surface area contributed by atoms with E-state index < -0.39 is 0 Å². The zero-order valence-corrected chi connectivity index (χ0v) is 21.3. The molecule has 0 radical (unpaired) electrons. The van der Waals surface area contributed by atoms with Gasteiger partial charge in [0.15, 0.2) is 0 Å². The maximum absolute atomic E-state index is 13.7. The van der Waals surface area contributed by atoms with Gasteiger partial charge in [-0.1, -0.05) is 19.9 Å². The van der Waals surface area contributed by atoms with E-state index in [1.54, 1.807) is 6.08 Å². The first-order chi connectivity index (χ1) is 16.3. The van der Waals surface area contributed by atoms with E-state index in [2.05, 4.69) is 30.6 Å². The Kier molecular flexibility index (Phi) is 4.74. The molecule has 4 bridgehead atoms. The molecule has 1 heterocycles. The normalized spacial score (nSPS) is 54.7. The van der Waals surface area contributed by atoms with Gasteiger partial charge in [-0.15, -0.1) is 0 Å². The van der Waals surface area contributed by atoms with E-state index in [9.17, 15) is 9.59 Å². The summed E-state index contributed by atoms with van der Waals surface area (Å²) in [5.41, 5.74) is 0.653. The summed E-state index contributed by atoms with van der Waals surface area (Å²) in [7, 11) is 0. The highest BCUT2D eigenvalue weighted by Crippen LogP contribution is 2.65. The van der Waals surface area contributed by atoms with Gasteiger partial charge in [0, 0.05) is 23.9 Å². The Morgan fingerprint density at radius 3 is 2.38 bits per heavy atom. The maximum atomic E-state index is 13.7. The Morgan fingerprint density at radius 1 is 0.971 bits per heavy atom. The third-order valence-electron chi connectivity index (χ3n) is 12.8. The van der Waals surface area contributed by atoms with Crippen LogP contribution < -0.4 is 10.6 Å². The van der Waals surface area contributed by atoms with Crippen molar-refractivity contribution in [2.75, 3.05) is 6.54 Å². The van der Waals surface area contributed by atoms with Crippen LogP contribution in [0.15, 0.2) is 12.2 Å². The first-order valence-corrected chi connectivity index (χ1v) is 14.6. The van der Waals surface area contributed by atoms with Crippen LogP contribution in [0.4, 0.5) is 0 Å². The van der Waals surface area contributed by atoms with E-state index in [0.29, 0.717) is 29.1 Å². The average Bonchev–Trinajstić information content (AvgIpc) is 3.14. The van der Waals surface area contributed by atoms with Gasteiger partial charge in [0.05, 0.1) is 0 Å². The van der Waals surface area contributed by atoms with Gasteiger partial charge in [0.2, 0.25) is 11.8 Å². The molecule has 186 valence electrons. The number of carbonyl (C=O) groups is 2. The van der Waals surface area contributed by atoms with Gasteiger partial charge < -0.3 is 10.6 Å². The number of carbonyl (C=O) groups excluding carboxylic acids is 2. The van der Waals surface area contributed by atoms with Gasteiger partial charge in [-0.25, -0.2) is 0 Å². The third-order valence-corrected chi connectivity index (χ3v) is 12.8. The minimum absolute atomic E-state index is 0.0804. The summed E-state index contributed by atoms with van der Waals surface area (Å²) < 4.78 is 0. The summed E-state index contributed by atoms with van der Waals surface area (Å²) in [6.07, 6.45) is 19.5. The minimum Gasteiger partial charge on any atom is -0.355 e. The van der Waals surface area contributed by atoms with Crippen molar-refractivity contribution in [1.29, 1.82) is 0 Å². The Balaban J connectivity index is 1.06. The lowest BCUT2D eigenvalue weighted by Gasteiger charge is -2.59. The molecule has 0 aromatic carbocycles. The molecule has 7 saturated carbocycles. The molecule has 7 fully saturated rings. The van der Waals surface area contributed by atoms with Crippen molar-refractivity contribution in [3.05, 3.63) is 12.2 Å². The van der Waals surface area contributed by atoms with Gasteiger partial charge in [0.1, 0.15) is 0 Å². The molecule has 34 heavy (non-hydrogen) atoms. The molecule has 8 rings (SSSR count). The van der Waals surface area contributed by atoms with Crippen LogP contribution in [0.3, 0.4) is 0 Å². The van der Waals surface area contributed by atoms with Gasteiger partial charge in [-0.05, 0) is 129 Å². The number of nitrogens with one attached hydrogen (secondary N) is 2. The number of fused-ring (bicyclic) bond motifs is 5. The van der Waals surface area contributed by atoms with Crippen LogP contribution in [0.5, 0.6) is 0 Å². The fraction of sp³-hybridized carbons (Fsp3) is 0.867. The number of rotatable bonds is 3. The highest BCUT2D eigenvalue weighted by atomic mass is 16.2. The lowest BCUT2D eigenvalue weighted by atomic mass is 9.48. The Bertz CT molecular complexity index is 889. The molecule has 0 unspecified atom stereocenters. The second kappa shape index (κ2) is 7.35. The van der Waals surface area contributed by atoms with Crippen LogP contribution in [0, 0.1) is 57.7 Å². The minimum atomic E-state index is 0.0804. The molecule has 1 aliphatic heterocycles. The standard InChI is InChI=1S/C30H44N2O2/c1-28-9-7-23-21(3-6-25-29(23,2)10-8-26(33)32-25)22(28)4-5-24(28)27(34)31-17-30-14-18-11-19(15-30)13-20(12-18)16-30/h8,10,18-25H,3-7,9,11-17H2,1-2H3,(H,31,34)(H,32,33)/t18?,19?,20?,21-,22-,23-,24+,25+,28-,29+,30?/m0/s1. The number of hydrogen-bond acceptors (Lipinski definition) is 2. The molecule has 0 aromatic heterocycles. The van der Waals surface area contributed by atoms with E-state index in [1.165, 1.54) is 64.2 Å². The molecule has 0 saturated heterocycles. The third kappa shape index (κ3) is 3.08. The Morgan fingerprint density at radius 2 is 1.68 bits per heavy atom. The second-order valence-corrected chi connectivity index (χ2v) is 14.5. The Hall–Kier alpha value is -1.32. The molecule has 0 spiro atoms. The van der Waals surface area contributed by atoms with E-state index >= 15 is 0 Å². The summed E-state index contributed by atoms with van der Waals surface area (Å²) in [4.78, 5) is 25.7. The summed E-state index contributed by atoms with van der Waals surface area (Å²) in [5, 5.41) is 6.84. The quantitative estimate of drug-likeness (QED) is 0.601. The zero-order valence-electron chi connectivity index (χ0n) is 21.3. The SMILES string of the molecule is C[C@]12C=CC(=O)N[C@@H]1CC[C@@H]1[C@@H]2CC[C@]2(C)[C@@H](C(=O)NCC34CC5CC(CC(C5)C3)C4)CC[C@@H]12. The molecule has 7 aliphatic carbocycles. The van der Waals surface area contributed by atoms with Crippen LogP contribution in [0.25, 0.3) is 0 Å².